The Kier molecular flexibility index (Phi) is 6.02. The number of thioether (sulfide) groups is 1. The largest absolute Gasteiger partial charge is 0.388 e. The van der Waals surface area contributed by atoms with Gasteiger partial charge in [-0.2, -0.15) is 16.9 Å². The van der Waals surface area contributed by atoms with Crippen LogP contribution in [0.25, 0.3) is 0 Å². The van der Waals surface area contributed by atoms with Crippen molar-refractivity contribution in [1.29, 1.82) is 0 Å². The average Bonchev–Trinajstić information content (AvgIpc) is 2.88. The molecule has 1 fully saturated rings. The number of hydrogen-bond acceptors (Lipinski definition) is 4. The normalized spacial score (nSPS) is 17.7. The summed E-state index contributed by atoms with van der Waals surface area (Å²) in [5.74, 6) is 1.20. The zero-order valence-electron chi connectivity index (χ0n) is 13.4. The molecule has 0 spiro atoms. The maximum Gasteiger partial charge on any atom is 0.280 e. The summed E-state index contributed by atoms with van der Waals surface area (Å²) in [6.45, 7) is 4.19. The monoisotopic (exact) mass is 347 g/mol. The molecule has 5 nitrogen and oxygen atoms in total. The summed E-state index contributed by atoms with van der Waals surface area (Å²) in [6.07, 6.45) is -0.412. The minimum Gasteiger partial charge on any atom is -0.388 e. The Bertz CT molecular complexity index is 543. The van der Waals surface area contributed by atoms with Crippen molar-refractivity contribution < 1.29 is 18.7 Å². The fraction of sp³-hybridized carbons (Fsp3) is 0.733. The van der Waals surface area contributed by atoms with Crippen LogP contribution in [0.2, 0.25) is 0 Å². The molecule has 0 saturated carbocycles. The van der Waals surface area contributed by atoms with Gasteiger partial charge in [0, 0.05) is 13.1 Å². The maximum absolute atomic E-state index is 13.3. The molecule has 1 saturated heterocycles. The second kappa shape index (κ2) is 7.61. The quantitative estimate of drug-likeness (QED) is 0.830. The average molecular weight is 347 g/mol. The van der Waals surface area contributed by atoms with Crippen LogP contribution in [0.3, 0.4) is 0 Å². The van der Waals surface area contributed by atoms with E-state index in [4.69, 9.17) is 0 Å². The SMILES string of the molecule is CC(C)Cn1ncc(C(=O)NCC2(O)CCSCC2)c1C(F)F. The van der Waals surface area contributed by atoms with Crippen molar-refractivity contribution in [2.24, 2.45) is 5.92 Å². The number of aromatic nitrogens is 2. The van der Waals surface area contributed by atoms with Crippen molar-refractivity contribution >= 4 is 17.7 Å². The van der Waals surface area contributed by atoms with Gasteiger partial charge in [-0.15, -0.1) is 0 Å². The van der Waals surface area contributed by atoms with E-state index in [2.05, 4.69) is 10.4 Å². The Hall–Kier alpha value is -1.15. The van der Waals surface area contributed by atoms with Gasteiger partial charge >= 0.3 is 0 Å². The minimum absolute atomic E-state index is 0.0738. The molecular weight excluding hydrogens is 324 g/mol. The van der Waals surface area contributed by atoms with Crippen LogP contribution in [-0.4, -0.2) is 44.4 Å². The topological polar surface area (TPSA) is 67.2 Å². The first kappa shape index (κ1) is 18.2. The zero-order valence-corrected chi connectivity index (χ0v) is 14.2. The highest BCUT2D eigenvalue weighted by atomic mass is 32.2. The number of halogens is 2. The molecule has 2 N–H and O–H groups in total. The number of nitrogens with zero attached hydrogens (tertiary/aromatic N) is 2. The fourth-order valence-corrected chi connectivity index (χ4v) is 3.81. The molecule has 1 aromatic heterocycles. The summed E-state index contributed by atoms with van der Waals surface area (Å²) in [5.41, 5.74) is -1.42. The second-order valence-electron chi connectivity index (χ2n) is 6.34. The van der Waals surface area contributed by atoms with E-state index in [1.54, 1.807) is 11.8 Å². The van der Waals surface area contributed by atoms with Crippen molar-refractivity contribution in [2.75, 3.05) is 18.1 Å². The fourth-order valence-electron chi connectivity index (χ4n) is 2.56. The van der Waals surface area contributed by atoms with Gasteiger partial charge in [-0.3, -0.25) is 9.48 Å². The lowest BCUT2D eigenvalue weighted by Gasteiger charge is -2.31. The molecule has 1 aliphatic heterocycles. The van der Waals surface area contributed by atoms with Gasteiger partial charge in [0.2, 0.25) is 0 Å². The van der Waals surface area contributed by atoms with Crippen LogP contribution >= 0.6 is 11.8 Å². The van der Waals surface area contributed by atoms with Crippen LogP contribution in [-0.2, 0) is 6.54 Å². The zero-order chi connectivity index (χ0) is 17.0. The second-order valence-corrected chi connectivity index (χ2v) is 7.56. The van der Waals surface area contributed by atoms with E-state index >= 15 is 0 Å². The highest BCUT2D eigenvalue weighted by molar-refractivity contribution is 7.99. The lowest BCUT2D eigenvalue weighted by molar-refractivity contribution is 0.0310. The van der Waals surface area contributed by atoms with Gasteiger partial charge in [0.05, 0.1) is 17.4 Å². The predicted molar refractivity (Wildman–Crippen MR) is 85.9 cm³/mol. The highest BCUT2D eigenvalue weighted by Gasteiger charge is 2.31. The third kappa shape index (κ3) is 4.67. The maximum atomic E-state index is 13.3. The molecule has 0 aromatic carbocycles. The van der Waals surface area contributed by atoms with Gasteiger partial charge in [-0.25, -0.2) is 8.78 Å². The molecule has 0 radical (unpaired) electrons. The van der Waals surface area contributed by atoms with Crippen molar-refractivity contribution in [1.82, 2.24) is 15.1 Å². The Balaban J connectivity index is 2.08. The molecule has 0 atom stereocenters. The van der Waals surface area contributed by atoms with E-state index in [9.17, 15) is 18.7 Å². The summed E-state index contributed by atoms with van der Waals surface area (Å²) in [5, 5.41) is 16.9. The van der Waals surface area contributed by atoms with E-state index in [0.29, 0.717) is 19.4 Å². The summed E-state index contributed by atoms with van der Waals surface area (Å²) in [6, 6.07) is 0. The van der Waals surface area contributed by atoms with Crippen LogP contribution in [0, 0.1) is 5.92 Å². The number of carbonyl (C=O) groups excluding carboxylic acids is 1. The van der Waals surface area contributed by atoms with E-state index in [1.165, 1.54) is 10.9 Å². The van der Waals surface area contributed by atoms with Gasteiger partial charge in [0.15, 0.2) is 0 Å². The number of hydrogen-bond donors (Lipinski definition) is 2. The van der Waals surface area contributed by atoms with Crippen LogP contribution in [0.4, 0.5) is 8.78 Å². The van der Waals surface area contributed by atoms with Gasteiger partial charge in [0.25, 0.3) is 12.3 Å². The molecule has 0 aliphatic carbocycles. The van der Waals surface area contributed by atoms with E-state index in [1.807, 2.05) is 13.8 Å². The first-order chi connectivity index (χ1) is 10.8. The van der Waals surface area contributed by atoms with Crippen molar-refractivity contribution in [3.63, 3.8) is 0 Å². The Morgan fingerprint density at radius 3 is 2.70 bits per heavy atom. The first-order valence-electron chi connectivity index (χ1n) is 7.74. The molecule has 1 aliphatic rings. The molecule has 2 rings (SSSR count). The van der Waals surface area contributed by atoms with Crippen molar-refractivity contribution in [2.45, 2.75) is 45.3 Å². The molecular formula is C15H23F2N3O2S. The van der Waals surface area contributed by atoms with E-state index < -0.39 is 17.9 Å². The Labute approximate surface area is 138 Å². The van der Waals surface area contributed by atoms with E-state index in [-0.39, 0.29) is 23.7 Å². The Morgan fingerprint density at radius 1 is 1.48 bits per heavy atom. The van der Waals surface area contributed by atoms with Crippen LogP contribution < -0.4 is 5.32 Å². The van der Waals surface area contributed by atoms with Crippen LogP contribution in [0.15, 0.2) is 6.20 Å². The van der Waals surface area contributed by atoms with Gasteiger partial charge in [0.1, 0.15) is 5.69 Å². The number of carbonyl (C=O) groups is 1. The van der Waals surface area contributed by atoms with Gasteiger partial charge in [-0.1, -0.05) is 13.8 Å². The number of nitrogens with one attached hydrogen (secondary N) is 1. The molecule has 0 bridgehead atoms. The third-order valence-electron chi connectivity index (χ3n) is 3.87. The van der Waals surface area contributed by atoms with Crippen molar-refractivity contribution in [3.05, 3.63) is 17.5 Å². The highest BCUT2D eigenvalue weighted by Crippen LogP contribution is 2.27. The minimum atomic E-state index is -2.77. The Morgan fingerprint density at radius 2 is 2.13 bits per heavy atom. The number of aliphatic hydroxyl groups is 1. The standard InChI is InChI=1S/C15H23F2N3O2S/c1-10(2)8-20-12(13(16)17)11(7-19-20)14(21)18-9-15(22)3-5-23-6-4-15/h7,10,13,22H,3-6,8-9H2,1-2H3,(H,18,21). The summed E-state index contributed by atoms with van der Waals surface area (Å²) < 4.78 is 27.8. The van der Waals surface area contributed by atoms with Crippen LogP contribution in [0.1, 0.15) is 49.2 Å². The lowest BCUT2D eigenvalue weighted by Crippen LogP contribution is -2.45. The molecule has 23 heavy (non-hydrogen) atoms. The summed E-state index contributed by atoms with van der Waals surface area (Å²) >= 11 is 1.76. The van der Waals surface area contributed by atoms with E-state index in [0.717, 1.165) is 11.5 Å². The molecule has 1 amide bonds. The molecule has 8 heteroatoms. The molecule has 0 unspecified atom stereocenters. The smallest absolute Gasteiger partial charge is 0.280 e. The number of amides is 1. The van der Waals surface area contributed by atoms with Crippen LogP contribution in [0.5, 0.6) is 0 Å². The number of rotatable bonds is 6. The van der Waals surface area contributed by atoms with Gasteiger partial charge in [-0.05, 0) is 30.3 Å². The number of alkyl halides is 2. The third-order valence-corrected chi connectivity index (χ3v) is 4.86. The molecule has 2 heterocycles. The molecule has 1 aromatic rings. The summed E-state index contributed by atoms with van der Waals surface area (Å²) in [7, 11) is 0. The van der Waals surface area contributed by atoms with Crippen molar-refractivity contribution in [3.8, 4) is 0 Å². The predicted octanol–water partition coefficient (Wildman–Crippen LogP) is 2.46. The summed E-state index contributed by atoms with van der Waals surface area (Å²) in [4.78, 5) is 12.2. The molecule has 130 valence electrons. The first-order valence-corrected chi connectivity index (χ1v) is 8.90. The lowest BCUT2D eigenvalue weighted by atomic mass is 9.97. The van der Waals surface area contributed by atoms with Gasteiger partial charge < -0.3 is 10.4 Å².